The van der Waals surface area contributed by atoms with Crippen LogP contribution < -0.4 is 5.32 Å². The number of fused-ring (bicyclic) bond motifs is 1. The lowest BCUT2D eigenvalue weighted by atomic mass is 9.84. The number of hydrogen-bond donors (Lipinski definition) is 1. The molecule has 94 valence electrons. The van der Waals surface area contributed by atoms with Crippen molar-refractivity contribution in [3.05, 3.63) is 30.2 Å². The molecule has 0 unspecified atom stereocenters. The first-order valence-corrected chi connectivity index (χ1v) is 6.05. The van der Waals surface area contributed by atoms with Crippen molar-refractivity contribution in [1.29, 1.82) is 5.26 Å². The molecule has 0 bridgehead atoms. The molecule has 0 aliphatic heterocycles. The summed E-state index contributed by atoms with van der Waals surface area (Å²) in [5, 5.41) is 11.8. The maximum Gasteiger partial charge on any atom is 0.181 e. The van der Waals surface area contributed by atoms with Gasteiger partial charge in [-0.05, 0) is 17.7 Å². The van der Waals surface area contributed by atoms with Gasteiger partial charge in [-0.3, -0.25) is 0 Å². The van der Waals surface area contributed by atoms with E-state index in [1.54, 1.807) is 0 Å². The zero-order chi connectivity index (χ0) is 13.0. The van der Waals surface area contributed by atoms with Gasteiger partial charge in [0.2, 0.25) is 0 Å². The van der Waals surface area contributed by atoms with Gasteiger partial charge in [0.1, 0.15) is 5.52 Å². The van der Waals surface area contributed by atoms with E-state index in [9.17, 15) is 0 Å². The van der Waals surface area contributed by atoms with E-state index in [4.69, 9.17) is 9.68 Å². The summed E-state index contributed by atoms with van der Waals surface area (Å²) in [6.07, 6.45) is 2.00. The predicted octanol–water partition coefficient (Wildman–Crippen LogP) is 2.61. The maximum atomic E-state index is 8.50. The summed E-state index contributed by atoms with van der Waals surface area (Å²) < 4.78 is 5.32. The minimum atomic E-state index is -0.00354. The quantitative estimate of drug-likeness (QED) is 0.820. The van der Waals surface area contributed by atoms with Crippen LogP contribution in [0.1, 0.15) is 25.8 Å². The summed E-state index contributed by atoms with van der Waals surface area (Å²) >= 11 is 0. The van der Waals surface area contributed by atoms with E-state index in [2.05, 4.69) is 36.3 Å². The highest BCUT2D eigenvalue weighted by Gasteiger charge is 2.20. The molecule has 1 aromatic carbocycles. The Bertz CT molecular complexity index is 566. The fourth-order valence-corrected chi connectivity index (χ4v) is 1.92. The van der Waals surface area contributed by atoms with Crippen molar-refractivity contribution in [3.63, 3.8) is 0 Å². The highest BCUT2D eigenvalue weighted by atomic mass is 16.3. The second-order valence-electron chi connectivity index (χ2n) is 5.00. The van der Waals surface area contributed by atoms with Crippen LogP contribution in [0.3, 0.4) is 0 Å². The molecule has 0 spiro atoms. The lowest BCUT2D eigenvalue weighted by Crippen LogP contribution is -2.33. The zero-order valence-corrected chi connectivity index (χ0v) is 10.7. The Morgan fingerprint density at radius 3 is 3.06 bits per heavy atom. The number of nitriles is 1. The fourth-order valence-electron chi connectivity index (χ4n) is 1.92. The van der Waals surface area contributed by atoms with Crippen LogP contribution in [-0.4, -0.2) is 18.1 Å². The molecular formula is C14H17N3O. The van der Waals surface area contributed by atoms with Crippen molar-refractivity contribution >= 4 is 11.1 Å². The SMILES string of the molecule is CC(C)(CNCCC#N)c1ccc2ncoc2c1. The summed E-state index contributed by atoms with van der Waals surface area (Å²) in [5.41, 5.74) is 2.90. The van der Waals surface area contributed by atoms with Crippen LogP contribution in [0.4, 0.5) is 0 Å². The van der Waals surface area contributed by atoms with Crippen molar-refractivity contribution in [2.24, 2.45) is 0 Å². The van der Waals surface area contributed by atoms with Crippen LogP contribution in [0.25, 0.3) is 11.1 Å². The highest BCUT2D eigenvalue weighted by molar-refractivity contribution is 5.73. The highest BCUT2D eigenvalue weighted by Crippen LogP contribution is 2.25. The Labute approximate surface area is 107 Å². The van der Waals surface area contributed by atoms with Crippen molar-refractivity contribution in [2.75, 3.05) is 13.1 Å². The molecule has 1 aromatic heterocycles. The predicted molar refractivity (Wildman–Crippen MR) is 70.1 cm³/mol. The average molecular weight is 243 g/mol. The van der Waals surface area contributed by atoms with Crippen LogP contribution in [0.5, 0.6) is 0 Å². The molecule has 0 saturated carbocycles. The third-order valence-electron chi connectivity index (χ3n) is 3.09. The van der Waals surface area contributed by atoms with Crippen LogP contribution in [0, 0.1) is 11.3 Å². The van der Waals surface area contributed by atoms with Crippen molar-refractivity contribution in [1.82, 2.24) is 10.3 Å². The first-order chi connectivity index (χ1) is 8.63. The standard InChI is InChI=1S/C14H17N3O/c1-14(2,9-16-7-3-6-15)11-4-5-12-13(8-11)18-10-17-12/h4-5,8,10,16H,3,7,9H2,1-2H3. The topological polar surface area (TPSA) is 61.9 Å². The van der Waals surface area contributed by atoms with Crippen LogP contribution >= 0.6 is 0 Å². The molecule has 0 aliphatic rings. The Morgan fingerprint density at radius 1 is 1.44 bits per heavy atom. The zero-order valence-electron chi connectivity index (χ0n) is 10.7. The summed E-state index contributed by atoms with van der Waals surface area (Å²) in [6.45, 7) is 5.90. The number of benzene rings is 1. The van der Waals surface area contributed by atoms with Gasteiger partial charge < -0.3 is 9.73 Å². The lowest BCUT2D eigenvalue weighted by molar-refractivity contribution is 0.472. The maximum absolute atomic E-state index is 8.50. The molecule has 18 heavy (non-hydrogen) atoms. The Hall–Kier alpha value is -1.86. The van der Waals surface area contributed by atoms with Gasteiger partial charge in [0.05, 0.1) is 6.07 Å². The Morgan fingerprint density at radius 2 is 2.28 bits per heavy atom. The van der Waals surface area contributed by atoms with Crippen LogP contribution in [0.15, 0.2) is 29.0 Å². The molecule has 0 aliphatic carbocycles. The summed E-state index contributed by atoms with van der Waals surface area (Å²) in [7, 11) is 0. The first kappa shape index (κ1) is 12.6. The molecule has 1 heterocycles. The second-order valence-corrected chi connectivity index (χ2v) is 5.00. The van der Waals surface area contributed by atoms with Gasteiger partial charge in [0, 0.05) is 24.9 Å². The van der Waals surface area contributed by atoms with Gasteiger partial charge in [-0.2, -0.15) is 5.26 Å². The van der Waals surface area contributed by atoms with Gasteiger partial charge in [0.15, 0.2) is 12.0 Å². The molecule has 4 nitrogen and oxygen atoms in total. The van der Waals surface area contributed by atoms with Gasteiger partial charge in [0.25, 0.3) is 0 Å². The fraction of sp³-hybridized carbons (Fsp3) is 0.429. The van der Waals surface area contributed by atoms with Gasteiger partial charge in [-0.1, -0.05) is 19.9 Å². The molecule has 0 atom stereocenters. The molecule has 1 N–H and O–H groups in total. The number of oxazole rings is 1. The average Bonchev–Trinajstić information content (AvgIpc) is 2.82. The summed E-state index contributed by atoms with van der Waals surface area (Å²) in [5.74, 6) is 0. The minimum Gasteiger partial charge on any atom is -0.443 e. The van der Waals surface area contributed by atoms with E-state index in [1.807, 2.05) is 12.1 Å². The summed E-state index contributed by atoms with van der Waals surface area (Å²) in [6, 6.07) is 8.22. The number of hydrogen-bond acceptors (Lipinski definition) is 4. The number of aromatic nitrogens is 1. The van der Waals surface area contributed by atoms with Crippen molar-refractivity contribution in [2.45, 2.75) is 25.7 Å². The largest absolute Gasteiger partial charge is 0.443 e. The van der Waals surface area contributed by atoms with Gasteiger partial charge >= 0.3 is 0 Å². The normalized spacial score (nSPS) is 11.6. The number of rotatable bonds is 5. The molecular weight excluding hydrogens is 226 g/mol. The van der Waals surface area contributed by atoms with E-state index in [0.717, 1.165) is 24.2 Å². The molecule has 0 amide bonds. The monoisotopic (exact) mass is 243 g/mol. The Kier molecular flexibility index (Phi) is 3.63. The van der Waals surface area contributed by atoms with Gasteiger partial charge in [-0.25, -0.2) is 4.98 Å². The molecule has 0 radical (unpaired) electrons. The van der Waals surface area contributed by atoms with E-state index in [0.29, 0.717) is 6.42 Å². The van der Waals surface area contributed by atoms with E-state index in [1.165, 1.54) is 12.0 Å². The van der Waals surface area contributed by atoms with E-state index >= 15 is 0 Å². The van der Waals surface area contributed by atoms with Crippen LogP contribution in [0.2, 0.25) is 0 Å². The number of nitrogens with one attached hydrogen (secondary N) is 1. The van der Waals surface area contributed by atoms with Gasteiger partial charge in [-0.15, -0.1) is 0 Å². The summed E-state index contributed by atoms with van der Waals surface area (Å²) in [4.78, 5) is 4.11. The molecule has 2 aromatic rings. The van der Waals surface area contributed by atoms with Crippen molar-refractivity contribution < 1.29 is 4.42 Å². The molecule has 0 saturated heterocycles. The molecule has 2 rings (SSSR count). The third kappa shape index (κ3) is 2.69. The minimum absolute atomic E-state index is 0.00354. The first-order valence-electron chi connectivity index (χ1n) is 6.05. The lowest BCUT2D eigenvalue weighted by Gasteiger charge is -2.25. The molecule has 4 heteroatoms. The smallest absolute Gasteiger partial charge is 0.181 e. The van der Waals surface area contributed by atoms with Crippen molar-refractivity contribution in [3.8, 4) is 6.07 Å². The third-order valence-corrected chi connectivity index (χ3v) is 3.09. The molecule has 0 fully saturated rings. The van der Waals surface area contributed by atoms with Crippen LogP contribution in [-0.2, 0) is 5.41 Å². The van der Waals surface area contributed by atoms with E-state index in [-0.39, 0.29) is 5.41 Å². The Balaban J connectivity index is 2.10. The second kappa shape index (κ2) is 5.19. The van der Waals surface area contributed by atoms with E-state index < -0.39 is 0 Å². The number of nitrogens with zero attached hydrogens (tertiary/aromatic N) is 2.